The second kappa shape index (κ2) is 5.55. The minimum absolute atomic E-state index is 0.226. The fourth-order valence-electron chi connectivity index (χ4n) is 1.43. The standard InChI is InChI=1S/C13H13N3OS/c1-2-9-3-5-10(6-4-9)17-13-15-8-7-11(16-13)12(14)18/h3-8H,2H2,1H3,(H2,14,18). The molecule has 0 aliphatic carbocycles. The largest absolute Gasteiger partial charge is 0.424 e. The summed E-state index contributed by atoms with van der Waals surface area (Å²) in [5.41, 5.74) is 7.25. The molecule has 18 heavy (non-hydrogen) atoms. The van der Waals surface area contributed by atoms with Crippen molar-refractivity contribution >= 4 is 17.2 Å². The molecule has 0 atom stereocenters. The number of hydrogen-bond donors (Lipinski definition) is 1. The molecule has 0 spiro atoms. The molecule has 2 rings (SSSR count). The number of aromatic nitrogens is 2. The summed E-state index contributed by atoms with van der Waals surface area (Å²) in [4.78, 5) is 8.35. The lowest BCUT2D eigenvalue weighted by Gasteiger charge is -2.05. The second-order valence-corrected chi connectivity index (χ2v) is 4.13. The van der Waals surface area contributed by atoms with Crippen LogP contribution in [0.1, 0.15) is 18.2 Å². The van der Waals surface area contributed by atoms with E-state index in [0.717, 1.165) is 6.42 Å². The Labute approximate surface area is 111 Å². The van der Waals surface area contributed by atoms with Crippen molar-refractivity contribution < 1.29 is 4.74 Å². The van der Waals surface area contributed by atoms with Crippen LogP contribution in [0.15, 0.2) is 36.5 Å². The molecule has 0 fully saturated rings. The average Bonchev–Trinajstić information content (AvgIpc) is 2.40. The van der Waals surface area contributed by atoms with Gasteiger partial charge in [0.05, 0.1) is 0 Å². The summed E-state index contributed by atoms with van der Waals surface area (Å²) in [5, 5.41) is 0. The number of hydrogen-bond acceptors (Lipinski definition) is 4. The topological polar surface area (TPSA) is 61.0 Å². The molecule has 0 aliphatic heterocycles. The van der Waals surface area contributed by atoms with Crippen LogP contribution in [-0.4, -0.2) is 15.0 Å². The van der Waals surface area contributed by atoms with Crippen molar-refractivity contribution in [3.63, 3.8) is 0 Å². The molecule has 1 aromatic heterocycles. The Kier molecular flexibility index (Phi) is 3.84. The third-order valence-electron chi connectivity index (χ3n) is 2.43. The summed E-state index contributed by atoms with van der Waals surface area (Å²) in [6.07, 6.45) is 2.56. The summed E-state index contributed by atoms with van der Waals surface area (Å²) in [5.74, 6) is 0.687. The van der Waals surface area contributed by atoms with Gasteiger partial charge in [0.1, 0.15) is 16.4 Å². The third-order valence-corrected chi connectivity index (χ3v) is 2.64. The van der Waals surface area contributed by atoms with Gasteiger partial charge in [-0.05, 0) is 30.2 Å². The van der Waals surface area contributed by atoms with Crippen LogP contribution in [0.5, 0.6) is 11.8 Å². The monoisotopic (exact) mass is 259 g/mol. The van der Waals surface area contributed by atoms with Crippen LogP contribution < -0.4 is 10.5 Å². The summed E-state index contributed by atoms with van der Waals surface area (Å²) in [6.45, 7) is 2.10. The van der Waals surface area contributed by atoms with Crippen molar-refractivity contribution in [2.75, 3.05) is 0 Å². The average molecular weight is 259 g/mol. The second-order valence-electron chi connectivity index (χ2n) is 3.69. The van der Waals surface area contributed by atoms with Crippen molar-refractivity contribution in [3.8, 4) is 11.8 Å². The molecule has 2 aromatic rings. The van der Waals surface area contributed by atoms with Crippen molar-refractivity contribution in [3.05, 3.63) is 47.8 Å². The first kappa shape index (κ1) is 12.4. The summed E-state index contributed by atoms with van der Waals surface area (Å²) >= 11 is 4.85. The highest BCUT2D eigenvalue weighted by molar-refractivity contribution is 7.80. The van der Waals surface area contributed by atoms with Gasteiger partial charge in [0.15, 0.2) is 0 Å². The highest BCUT2D eigenvalue weighted by Crippen LogP contribution is 2.18. The lowest BCUT2D eigenvalue weighted by atomic mass is 10.2. The first-order valence-electron chi connectivity index (χ1n) is 5.58. The van der Waals surface area contributed by atoms with Crippen molar-refractivity contribution in [1.82, 2.24) is 9.97 Å². The molecule has 0 radical (unpaired) electrons. The maximum absolute atomic E-state index is 5.53. The van der Waals surface area contributed by atoms with E-state index in [9.17, 15) is 0 Å². The molecule has 5 heteroatoms. The molecule has 0 bridgehead atoms. The Morgan fingerprint density at radius 1 is 1.28 bits per heavy atom. The Morgan fingerprint density at radius 2 is 2.00 bits per heavy atom. The zero-order valence-electron chi connectivity index (χ0n) is 9.96. The van der Waals surface area contributed by atoms with Crippen LogP contribution in [0.2, 0.25) is 0 Å². The molecule has 2 N–H and O–H groups in total. The van der Waals surface area contributed by atoms with E-state index in [1.54, 1.807) is 12.3 Å². The van der Waals surface area contributed by atoms with E-state index in [0.29, 0.717) is 11.4 Å². The minimum Gasteiger partial charge on any atom is -0.424 e. The van der Waals surface area contributed by atoms with Gasteiger partial charge in [-0.15, -0.1) is 0 Å². The molecule has 0 amide bonds. The van der Waals surface area contributed by atoms with Crippen molar-refractivity contribution in [1.29, 1.82) is 0 Å². The highest BCUT2D eigenvalue weighted by atomic mass is 32.1. The molecule has 1 aromatic carbocycles. The van der Waals surface area contributed by atoms with E-state index in [1.165, 1.54) is 5.56 Å². The normalized spacial score (nSPS) is 10.1. The van der Waals surface area contributed by atoms with Gasteiger partial charge < -0.3 is 10.5 Å². The van der Waals surface area contributed by atoms with Gasteiger partial charge in [0.2, 0.25) is 0 Å². The minimum atomic E-state index is 0.226. The van der Waals surface area contributed by atoms with Crippen LogP contribution in [0.3, 0.4) is 0 Å². The van der Waals surface area contributed by atoms with E-state index in [2.05, 4.69) is 16.9 Å². The van der Waals surface area contributed by atoms with Gasteiger partial charge in [0, 0.05) is 6.20 Å². The zero-order valence-corrected chi connectivity index (χ0v) is 10.8. The smallest absolute Gasteiger partial charge is 0.322 e. The molecule has 0 unspecified atom stereocenters. The van der Waals surface area contributed by atoms with Crippen LogP contribution in [0.25, 0.3) is 0 Å². The van der Waals surface area contributed by atoms with Crippen LogP contribution in [0.4, 0.5) is 0 Å². The SMILES string of the molecule is CCc1ccc(Oc2nccc(C(N)=S)n2)cc1. The van der Waals surface area contributed by atoms with Gasteiger partial charge in [-0.2, -0.15) is 4.98 Å². The lowest BCUT2D eigenvalue weighted by molar-refractivity contribution is 0.441. The predicted molar refractivity (Wildman–Crippen MR) is 73.8 cm³/mol. The summed E-state index contributed by atoms with van der Waals surface area (Å²) in [6, 6.07) is 9.67. The van der Waals surface area contributed by atoms with Gasteiger partial charge in [-0.1, -0.05) is 31.3 Å². The van der Waals surface area contributed by atoms with E-state index in [1.807, 2.05) is 24.3 Å². The third kappa shape index (κ3) is 3.01. The number of thiocarbonyl (C=S) groups is 1. The number of rotatable bonds is 4. The first-order chi connectivity index (χ1) is 8.69. The fourth-order valence-corrected chi connectivity index (χ4v) is 1.54. The highest BCUT2D eigenvalue weighted by Gasteiger charge is 2.04. The van der Waals surface area contributed by atoms with Crippen molar-refractivity contribution in [2.24, 2.45) is 5.73 Å². The zero-order chi connectivity index (χ0) is 13.0. The molecule has 0 saturated heterocycles. The Bertz CT molecular complexity index is 554. The Balaban J connectivity index is 2.17. The van der Waals surface area contributed by atoms with E-state index < -0.39 is 0 Å². The van der Waals surface area contributed by atoms with Crippen LogP contribution >= 0.6 is 12.2 Å². The number of aryl methyl sites for hydroxylation is 1. The van der Waals surface area contributed by atoms with E-state index in [4.69, 9.17) is 22.7 Å². The number of ether oxygens (including phenoxy) is 1. The molecule has 0 saturated carbocycles. The van der Waals surface area contributed by atoms with Gasteiger partial charge in [-0.3, -0.25) is 0 Å². The molecular weight excluding hydrogens is 246 g/mol. The Morgan fingerprint density at radius 3 is 2.61 bits per heavy atom. The maximum atomic E-state index is 5.53. The number of nitrogens with zero attached hydrogens (tertiary/aromatic N) is 2. The summed E-state index contributed by atoms with van der Waals surface area (Å²) in [7, 11) is 0. The quantitative estimate of drug-likeness (QED) is 0.855. The molecule has 0 aliphatic rings. The Hall–Kier alpha value is -2.01. The van der Waals surface area contributed by atoms with E-state index >= 15 is 0 Å². The van der Waals surface area contributed by atoms with Crippen LogP contribution in [0, 0.1) is 0 Å². The van der Waals surface area contributed by atoms with Gasteiger partial charge in [0.25, 0.3) is 0 Å². The molecule has 92 valence electrons. The lowest BCUT2D eigenvalue weighted by Crippen LogP contribution is -2.12. The fraction of sp³-hybridized carbons (Fsp3) is 0.154. The number of nitrogens with two attached hydrogens (primary N) is 1. The summed E-state index contributed by atoms with van der Waals surface area (Å²) < 4.78 is 5.53. The predicted octanol–water partition coefficient (Wildman–Crippen LogP) is 2.47. The van der Waals surface area contributed by atoms with Crippen molar-refractivity contribution in [2.45, 2.75) is 13.3 Å². The maximum Gasteiger partial charge on any atom is 0.322 e. The van der Waals surface area contributed by atoms with Crippen LogP contribution in [-0.2, 0) is 6.42 Å². The first-order valence-corrected chi connectivity index (χ1v) is 5.99. The molecular formula is C13H13N3OS. The number of benzene rings is 1. The van der Waals surface area contributed by atoms with Gasteiger partial charge in [-0.25, -0.2) is 4.98 Å². The molecule has 4 nitrogen and oxygen atoms in total. The van der Waals surface area contributed by atoms with E-state index in [-0.39, 0.29) is 11.0 Å². The molecule has 1 heterocycles. The van der Waals surface area contributed by atoms with Gasteiger partial charge >= 0.3 is 6.01 Å².